The lowest BCUT2D eigenvalue weighted by Gasteiger charge is -2.14. The van der Waals surface area contributed by atoms with Gasteiger partial charge in [0.1, 0.15) is 0 Å². The molecule has 0 heterocycles. The highest BCUT2D eigenvalue weighted by molar-refractivity contribution is 8.10. The molecule has 0 saturated heterocycles. The number of sulfone groups is 2. The first-order valence-electron chi connectivity index (χ1n) is 12.9. The van der Waals surface area contributed by atoms with Crippen LogP contribution in [-0.4, -0.2) is 57.7 Å². The zero-order valence-corrected chi connectivity index (χ0v) is 27.3. The molecule has 0 amide bonds. The van der Waals surface area contributed by atoms with Gasteiger partial charge in [0.05, 0.1) is 0 Å². The Morgan fingerprint density at radius 2 is 0.702 bits per heavy atom. The summed E-state index contributed by atoms with van der Waals surface area (Å²) in [5.41, 5.74) is -0.123. The van der Waals surface area contributed by atoms with E-state index in [2.05, 4.69) is 0 Å². The molecular weight excluding hydrogens is 668 g/mol. The Hall–Kier alpha value is -5.36. The molecule has 0 N–H and O–H groups in total. The van der Waals surface area contributed by atoms with Crippen molar-refractivity contribution in [3.63, 3.8) is 0 Å². The first kappa shape index (κ1) is 37.8. The van der Waals surface area contributed by atoms with Gasteiger partial charge in [0.15, 0.2) is 47.8 Å². The summed E-state index contributed by atoms with van der Waals surface area (Å²) in [4.78, 5) is 69.5. The van der Waals surface area contributed by atoms with Gasteiger partial charge in [0.25, 0.3) is 0 Å². The predicted octanol–water partition coefficient (Wildman–Crippen LogP) is 2.67. The van der Waals surface area contributed by atoms with E-state index in [-0.39, 0.29) is 11.1 Å². The number of carbonyl (C=O) groups excluding carboxylic acids is 6. The summed E-state index contributed by atoms with van der Waals surface area (Å²) >= 11 is 0. The largest absolute Gasteiger partial charge is 0.423 e. The maximum absolute atomic E-state index is 12.8. The molecular formula is C29H28O16S2. The lowest BCUT2D eigenvalue weighted by molar-refractivity contribution is -0.135. The highest BCUT2D eigenvalue weighted by Crippen LogP contribution is 2.41. The first-order chi connectivity index (χ1) is 21.7. The molecule has 0 bridgehead atoms. The van der Waals surface area contributed by atoms with E-state index in [4.69, 9.17) is 28.4 Å². The highest BCUT2D eigenvalue weighted by Gasteiger charge is 2.23. The molecule has 2 rings (SSSR count). The minimum Gasteiger partial charge on any atom is -0.423 e. The van der Waals surface area contributed by atoms with Crippen molar-refractivity contribution in [1.82, 2.24) is 0 Å². The summed E-state index contributed by atoms with van der Waals surface area (Å²) in [5, 5.41) is -0.384. The molecule has 18 heteroatoms. The van der Waals surface area contributed by atoms with Gasteiger partial charge >= 0.3 is 35.8 Å². The average Bonchev–Trinajstić information content (AvgIpc) is 2.88. The molecule has 16 nitrogen and oxygen atoms in total. The monoisotopic (exact) mass is 696 g/mol. The van der Waals surface area contributed by atoms with Gasteiger partial charge in [-0.05, 0) is 47.5 Å². The smallest absolute Gasteiger partial charge is 0.308 e. The van der Waals surface area contributed by atoms with Gasteiger partial charge in [0.2, 0.25) is 11.5 Å². The van der Waals surface area contributed by atoms with Crippen LogP contribution >= 0.6 is 0 Å². The van der Waals surface area contributed by atoms with E-state index < -0.39 is 95.1 Å². The Balaban J connectivity index is 2.48. The van der Waals surface area contributed by atoms with Crippen LogP contribution in [0.4, 0.5) is 0 Å². The highest BCUT2D eigenvalue weighted by atomic mass is 32.3. The molecule has 47 heavy (non-hydrogen) atoms. The van der Waals surface area contributed by atoms with Gasteiger partial charge in [-0.15, -0.1) is 0 Å². The molecule has 0 unspecified atom stereocenters. The van der Waals surface area contributed by atoms with Gasteiger partial charge in [0, 0.05) is 52.4 Å². The fourth-order valence-corrected chi connectivity index (χ4v) is 6.66. The van der Waals surface area contributed by atoms with Crippen LogP contribution < -0.4 is 28.4 Å². The zero-order chi connectivity index (χ0) is 35.7. The first-order valence-corrected chi connectivity index (χ1v) is 16.4. The van der Waals surface area contributed by atoms with Crippen molar-refractivity contribution in [2.45, 2.75) is 41.5 Å². The van der Waals surface area contributed by atoms with Crippen LogP contribution in [0.25, 0.3) is 12.2 Å². The topological polar surface area (TPSA) is 226 Å². The quantitative estimate of drug-likeness (QED) is 0.229. The third-order valence-electron chi connectivity index (χ3n) is 4.86. The van der Waals surface area contributed by atoms with Crippen molar-refractivity contribution in [1.29, 1.82) is 0 Å². The van der Waals surface area contributed by atoms with Crippen LogP contribution in [0.2, 0.25) is 0 Å². The van der Waals surface area contributed by atoms with E-state index in [1.165, 1.54) is 0 Å². The van der Waals surface area contributed by atoms with Crippen LogP contribution in [0.1, 0.15) is 52.7 Å². The minimum absolute atomic E-state index is 0.0613. The molecule has 0 spiro atoms. The second kappa shape index (κ2) is 15.8. The lowest BCUT2D eigenvalue weighted by atomic mass is 10.2. The van der Waals surface area contributed by atoms with Crippen molar-refractivity contribution in [3.05, 3.63) is 46.2 Å². The third kappa shape index (κ3) is 12.9. The van der Waals surface area contributed by atoms with Crippen molar-refractivity contribution in [3.8, 4) is 34.5 Å². The SMILES string of the molecule is CC(=O)Oc1cc(/C=C/S(=O)(=O)CS(=O)(=O)/C=C/c2cc(OC(C)=O)c(OC(C)=O)c(OC(C)=O)c2)cc(OC(C)=O)c1OC(C)=O. The van der Waals surface area contributed by atoms with E-state index >= 15 is 0 Å². The molecule has 0 radical (unpaired) electrons. The number of rotatable bonds is 12. The Morgan fingerprint density at radius 1 is 0.468 bits per heavy atom. The normalized spacial score (nSPS) is 11.5. The van der Waals surface area contributed by atoms with Crippen LogP contribution in [0.15, 0.2) is 35.1 Å². The molecule has 0 aliphatic heterocycles. The molecule has 0 aliphatic rings. The molecule has 252 valence electrons. The molecule has 0 saturated carbocycles. The molecule has 2 aromatic rings. The van der Waals surface area contributed by atoms with Crippen molar-refractivity contribution < 1.29 is 74.0 Å². The maximum atomic E-state index is 12.8. The van der Waals surface area contributed by atoms with Crippen molar-refractivity contribution >= 4 is 67.6 Å². The van der Waals surface area contributed by atoms with E-state index in [1.807, 2.05) is 0 Å². The summed E-state index contributed by atoms with van der Waals surface area (Å²) in [5.74, 6) is -7.65. The summed E-state index contributed by atoms with van der Waals surface area (Å²) in [7, 11) is -9.06. The van der Waals surface area contributed by atoms with Gasteiger partial charge < -0.3 is 28.4 Å². The molecule has 0 aromatic heterocycles. The van der Waals surface area contributed by atoms with Gasteiger partial charge in [-0.1, -0.05) is 0 Å². The minimum atomic E-state index is -4.53. The molecule has 0 fully saturated rings. The van der Waals surface area contributed by atoms with Gasteiger partial charge in [-0.3, -0.25) is 28.8 Å². The van der Waals surface area contributed by atoms with Gasteiger partial charge in [-0.2, -0.15) is 0 Å². The zero-order valence-electron chi connectivity index (χ0n) is 25.7. The number of carbonyl (C=O) groups is 6. The van der Waals surface area contributed by atoms with Crippen LogP contribution in [0, 0.1) is 0 Å². The fourth-order valence-electron chi connectivity index (χ4n) is 3.47. The van der Waals surface area contributed by atoms with E-state index in [9.17, 15) is 45.6 Å². The average molecular weight is 697 g/mol. The molecule has 0 atom stereocenters. The Bertz CT molecular complexity index is 1690. The van der Waals surface area contributed by atoms with Crippen LogP contribution in [0.3, 0.4) is 0 Å². The van der Waals surface area contributed by atoms with E-state index in [0.717, 1.165) is 78.0 Å². The number of ether oxygens (including phenoxy) is 6. The number of hydrogen-bond acceptors (Lipinski definition) is 16. The Morgan fingerprint density at radius 3 is 0.915 bits per heavy atom. The van der Waals surface area contributed by atoms with Crippen molar-refractivity contribution in [2.75, 3.05) is 5.08 Å². The lowest BCUT2D eigenvalue weighted by Crippen LogP contribution is -2.12. The number of benzene rings is 2. The Labute approximate surface area is 268 Å². The molecule has 2 aromatic carbocycles. The summed E-state index contributed by atoms with van der Waals surface area (Å²) in [6, 6.07) is 4.31. The Kier molecular flexibility index (Phi) is 12.7. The van der Waals surface area contributed by atoms with Crippen LogP contribution in [0.5, 0.6) is 34.5 Å². The van der Waals surface area contributed by atoms with Gasteiger partial charge in [-0.25, -0.2) is 16.8 Å². The van der Waals surface area contributed by atoms with Crippen LogP contribution in [-0.2, 0) is 48.4 Å². The van der Waals surface area contributed by atoms with E-state index in [1.54, 1.807) is 0 Å². The second-order valence-corrected chi connectivity index (χ2v) is 13.4. The number of esters is 6. The standard InChI is InChI=1S/C29H28O16S2/c1-16(30)40-24-11-22(12-25(41-17(2)31)28(24)44-20(5)34)7-9-46(36,37)15-47(38,39)10-8-23-13-26(42-18(3)32)29(45-21(6)35)27(14-23)43-19(4)33/h7-14H,15H2,1-6H3/b9-7+,10-8+. The third-order valence-corrected chi connectivity index (χ3v) is 8.59. The maximum Gasteiger partial charge on any atom is 0.308 e. The summed E-state index contributed by atoms with van der Waals surface area (Å²) in [6.45, 7) is 6.15. The van der Waals surface area contributed by atoms with E-state index in [0.29, 0.717) is 10.8 Å². The van der Waals surface area contributed by atoms with Crippen molar-refractivity contribution in [2.24, 2.45) is 0 Å². The summed E-state index contributed by atoms with van der Waals surface area (Å²) in [6.07, 6.45) is 1.83. The number of hydrogen-bond donors (Lipinski definition) is 0. The predicted molar refractivity (Wildman–Crippen MR) is 162 cm³/mol. The second-order valence-electron chi connectivity index (χ2n) is 9.30. The molecule has 0 aliphatic carbocycles. The fraction of sp³-hybridized carbons (Fsp3) is 0.241. The summed E-state index contributed by atoms with van der Waals surface area (Å²) < 4.78 is 81.1.